The maximum Gasteiger partial charge on any atom is 0.310 e. The largest absolute Gasteiger partial charge is 0.481 e. The van der Waals surface area contributed by atoms with Gasteiger partial charge in [-0.2, -0.15) is 0 Å². The average molecular weight is 411 g/mol. The molecule has 1 N–H and O–H groups in total. The molecule has 1 fully saturated rings. The van der Waals surface area contributed by atoms with E-state index >= 15 is 0 Å². The van der Waals surface area contributed by atoms with Gasteiger partial charge in [-0.3, -0.25) is 9.59 Å². The lowest BCUT2D eigenvalue weighted by molar-refractivity contribution is -0.164. The SMILES string of the molecule is CCCCCCCCCCCCCCC(CC)OC(=O)C1CCCCC1C(=O)O. The molecule has 0 aromatic heterocycles. The van der Waals surface area contributed by atoms with Gasteiger partial charge in [0.25, 0.3) is 0 Å². The van der Waals surface area contributed by atoms with Crippen molar-refractivity contribution in [3.63, 3.8) is 0 Å². The van der Waals surface area contributed by atoms with Crippen LogP contribution in [0.2, 0.25) is 0 Å². The van der Waals surface area contributed by atoms with Gasteiger partial charge in [-0.15, -0.1) is 0 Å². The van der Waals surface area contributed by atoms with Crippen molar-refractivity contribution in [2.45, 2.75) is 136 Å². The van der Waals surface area contributed by atoms with E-state index in [0.717, 1.165) is 32.1 Å². The van der Waals surface area contributed by atoms with Gasteiger partial charge in [0, 0.05) is 0 Å². The fourth-order valence-electron chi connectivity index (χ4n) is 4.52. The number of hydrogen-bond acceptors (Lipinski definition) is 3. The predicted octanol–water partition coefficient (Wildman–Crippen LogP) is 7.29. The van der Waals surface area contributed by atoms with Crippen molar-refractivity contribution in [2.24, 2.45) is 11.8 Å². The Bertz CT molecular complexity index is 435. The zero-order chi connectivity index (χ0) is 21.3. The van der Waals surface area contributed by atoms with Gasteiger partial charge in [0.05, 0.1) is 11.8 Å². The number of rotatable bonds is 17. The van der Waals surface area contributed by atoms with Crippen molar-refractivity contribution in [1.29, 1.82) is 0 Å². The van der Waals surface area contributed by atoms with E-state index < -0.39 is 17.8 Å². The molecule has 0 aromatic carbocycles. The van der Waals surface area contributed by atoms with Crippen LogP contribution in [0.1, 0.15) is 129 Å². The number of esters is 1. The number of unbranched alkanes of at least 4 members (excludes halogenated alkanes) is 11. The van der Waals surface area contributed by atoms with Crippen LogP contribution >= 0.6 is 0 Å². The topological polar surface area (TPSA) is 63.6 Å². The second-order valence-electron chi connectivity index (χ2n) is 8.98. The van der Waals surface area contributed by atoms with Crippen LogP contribution in [0, 0.1) is 11.8 Å². The van der Waals surface area contributed by atoms with E-state index in [1.54, 1.807) is 0 Å². The molecule has 29 heavy (non-hydrogen) atoms. The van der Waals surface area contributed by atoms with Crippen LogP contribution in [0.25, 0.3) is 0 Å². The summed E-state index contributed by atoms with van der Waals surface area (Å²) in [6.07, 6.45) is 20.6. The minimum atomic E-state index is -0.847. The number of carboxylic acid groups (broad SMARTS) is 1. The number of carbonyl (C=O) groups is 2. The molecule has 0 aliphatic heterocycles. The van der Waals surface area contributed by atoms with Gasteiger partial charge in [0.2, 0.25) is 0 Å². The molecule has 0 heterocycles. The third kappa shape index (κ3) is 11.6. The molecule has 0 radical (unpaired) electrons. The fraction of sp³-hybridized carbons (Fsp3) is 0.920. The van der Waals surface area contributed by atoms with Crippen LogP contribution in [-0.4, -0.2) is 23.1 Å². The molecule has 4 heteroatoms. The van der Waals surface area contributed by atoms with E-state index in [2.05, 4.69) is 6.92 Å². The smallest absolute Gasteiger partial charge is 0.310 e. The average Bonchev–Trinajstić information content (AvgIpc) is 2.73. The summed E-state index contributed by atoms with van der Waals surface area (Å²) in [4.78, 5) is 23.9. The summed E-state index contributed by atoms with van der Waals surface area (Å²) < 4.78 is 5.72. The molecule has 0 amide bonds. The first-order valence-electron chi connectivity index (χ1n) is 12.5. The van der Waals surface area contributed by atoms with Crippen LogP contribution in [0.5, 0.6) is 0 Å². The molecule has 1 saturated carbocycles. The quantitative estimate of drug-likeness (QED) is 0.202. The van der Waals surface area contributed by atoms with E-state index in [1.165, 1.54) is 70.6 Å². The van der Waals surface area contributed by atoms with Gasteiger partial charge in [0.15, 0.2) is 0 Å². The fourth-order valence-corrected chi connectivity index (χ4v) is 4.52. The molecule has 0 spiro atoms. The molecule has 3 unspecified atom stereocenters. The van der Waals surface area contributed by atoms with Crippen LogP contribution in [0.4, 0.5) is 0 Å². The summed E-state index contributed by atoms with van der Waals surface area (Å²) in [6, 6.07) is 0. The molecule has 3 atom stereocenters. The van der Waals surface area contributed by atoms with Gasteiger partial charge in [-0.05, 0) is 32.1 Å². The molecule has 4 nitrogen and oxygen atoms in total. The van der Waals surface area contributed by atoms with E-state index in [-0.39, 0.29) is 12.1 Å². The Morgan fingerprint density at radius 2 is 1.28 bits per heavy atom. The van der Waals surface area contributed by atoms with Crippen LogP contribution in [0.15, 0.2) is 0 Å². The van der Waals surface area contributed by atoms with Crippen LogP contribution in [-0.2, 0) is 14.3 Å². The molecule has 1 rings (SSSR count). The Balaban J connectivity index is 2.09. The standard InChI is InChI=1S/C25H46O4/c1-3-5-6-7-8-9-10-11-12-13-14-15-18-21(4-2)29-25(28)23-20-17-16-19-22(23)24(26)27/h21-23H,3-20H2,1-2H3,(H,26,27). The summed E-state index contributed by atoms with van der Waals surface area (Å²) >= 11 is 0. The van der Waals surface area contributed by atoms with Crippen LogP contribution in [0.3, 0.4) is 0 Å². The molecule has 0 bridgehead atoms. The van der Waals surface area contributed by atoms with E-state index in [1.807, 2.05) is 6.92 Å². The van der Waals surface area contributed by atoms with Crippen molar-refractivity contribution in [3.05, 3.63) is 0 Å². The molecule has 0 saturated heterocycles. The Kier molecular flexibility index (Phi) is 15.0. The van der Waals surface area contributed by atoms with Crippen LogP contribution < -0.4 is 0 Å². The van der Waals surface area contributed by atoms with E-state index in [4.69, 9.17) is 4.74 Å². The molecule has 1 aliphatic rings. The summed E-state index contributed by atoms with van der Waals surface area (Å²) in [5.41, 5.74) is 0. The third-order valence-corrected chi connectivity index (χ3v) is 6.50. The second kappa shape index (κ2) is 16.7. The Morgan fingerprint density at radius 1 is 0.793 bits per heavy atom. The minimum Gasteiger partial charge on any atom is -0.481 e. The van der Waals surface area contributed by atoms with Gasteiger partial charge in [-0.1, -0.05) is 97.3 Å². The predicted molar refractivity (Wildman–Crippen MR) is 119 cm³/mol. The molecule has 170 valence electrons. The van der Waals surface area contributed by atoms with Crippen molar-refractivity contribution < 1.29 is 19.4 Å². The van der Waals surface area contributed by atoms with E-state index in [9.17, 15) is 14.7 Å². The number of carboxylic acids is 1. The summed E-state index contributed by atoms with van der Waals surface area (Å²) in [7, 11) is 0. The highest BCUT2D eigenvalue weighted by molar-refractivity contribution is 5.81. The van der Waals surface area contributed by atoms with Crippen molar-refractivity contribution in [1.82, 2.24) is 0 Å². The van der Waals surface area contributed by atoms with Crippen molar-refractivity contribution in [2.75, 3.05) is 0 Å². The Labute approximate surface area is 179 Å². The Morgan fingerprint density at radius 3 is 1.76 bits per heavy atom. The van der Waals surface area contributed by atoms with Crippen molar-refractivity contribution >= 4 is 11.9 Å². The van der Waals surface area contributed by atoms with Gasteiger partial charge >= 0.3 is 11.9 Å². The number of hydrogen-bond donors (Lipinski definition) is 1. The lowest BCUT2D eigenvalue weighted by Crippen LogP contribution is -2.35. The highest BCUT2D eigenvalue weighted by Crippen LogP contribution is 2.32. The number of carbonyl (C=O) groups excluding carboxylic acids is 1. The van der Waals surface area contributed by atoms with Gasteiger partial charge in [-0.25, -0.2) is 0 Å². The third-order valence-electron chi connectivity index (χ3n) is 6.50. The minimum absolute atomic E-state index is 0.0537. The second-order valence-corrected chi connectivity index (χ2v) is 8.98. The lowest BCUT2D eigenvalue weighted by Gasteiger charge is -2.28. The lowest BCUT2D eigenvalue weighted by atomic mass is 9.79. The molecular formula is C25H46O4. The maximum absolute atomic E-state index is 12.5. The first-order valence-corrected chi connectivity index (χ1v) is 12.5. The highest BCUT2D eigenvalue weighted by Gasteiger charge is 2.37. The monoisotopic (exact) mass is 410 g/mol. The zero-order valence-corrected chi connectivity index (χ0v) is 19.1. The number of aliphatic carboxylic acids is 1. The first kappa shape index (κ1) is 26.0. The normalized spacial score (nSPS) is 20.3. The van der Waals surface area contributed by atoms with E-state index in [0.29, 0.717) is 12.8 Å². The Hall–Kier alpha value is -1.06. The molecule has 1 aliphatic carbocycles. The summed E-state index contributed by atoms with van der Waals surface area (Å²) in [6.45, 7) is 4.31. The number of ether oxygens (including phenoxy) is 1. The highest BCUT2D eigenvalue weighted by atomic mass is 16.5. The molecule has 0 aromatic rings. The first-order chi connectivity index (χ1) is 14.1. The maximum atomic E-state index is 12.5. The van der Waals surface area contributed by atoms with Gasteiger partial charge in [0.1, 0.15) is 6.10 Å². The summed E-state index contributed by atoms with van der Waals surface area (Å²) in [5.74, 6) is -2.12. The van der Waals surface area contributed by atoms with Gasteiger partial charge < -0.3 is 9.84 Å². The van der Waals surface area contributed by atoms with Crippen molar-refractivity contribution in [3.8, 4) is 0 Å². The summed E-state index contributed by atoms with van der Waals surface area (Å²) in [5, 5.41) is 9.37. The zero-order valence-electron chi connectivity index (χ0n) is 19.1. The molecular weight excluding hydrogens is 364 g/mol.